The average molecular weight is 324 g/mol. The standard InChI is InChI=1S/C17H16N4O3/c1-21-17(23)14-10-12(5-8-15(14)19-20-21)18-16(22)9-11-3-6-13(24-2)7-4-11/h3-8,10H,9H2,1-2H3,(H,18,22). The number of ether oxygens (including phenoxy) is 1. The van der Waals surface area contributed by atoms with E-state index in [1.807, 2.05) is 12.1 Å². The van der Waals surface area contributed by atoms with Crippen LogP contribution in [0.2, 0.25) is 0 Å². The molecule has 0 unspecified atom stereocenters. The minimum Gasteiger partial charge on any atom is -0.497 e. The molecule has 3 aromatic rings. The van der Waals surface area contributed by atoms with E-state index in [9.17, 15) is 9.59 Å². The molecule has 1 aromatic heterocycles. The summed E-state index contributed by atoms with van der Waals surface area (Å²) >= 11 is 0. The summed E-state index contributed by atoms with van der Waals surface area (Å²) in [4.78, 5) is 24.2. The molecule has 0 bridgehead atoms. The summed E-state index contributed by atoms with van der Waals surface area (Å²) in [6, 6.07) is 12.3. The second-order valence-electron chi connectivity index (χ2n) is 5.32. The summed E-state index contributed by atoms with van der Waals surface area (Å²) in [6.45, 7) is 0. The number of anilines is 1. The summed E-state index contributed by atoms with van der Waals surface area (Å²) in [5, 5.41) is 10.9. The quantitative estimate of drug-likeness (QED) is 0.786. The summed E-state index contributed by atoms with van der Waals surface area (Å²) < 4.78 is 6.25. The highest BCUT2D eigenvalue weighted by molar-refractivity contribution is 5.94. The van der Waals surface area contributed by atoms with Gasteiger partial charge < -0.3 is 10.1 Å². The maximum absolute atomic E-state index is 12.2. The second-order valence-corrected chi connectivity index (χ2v) is 5.32. The van der Waals surface area contributed by atoms with Gasteiger partial charge in [0.25, 0.3) is 5.56 Å². The molecule has 1 heterocycles. The SMILES string of the molecule is COc1ccc(CC(=O)Nc2ccc3nnn(C)c(=O)c3c2)cc1. The third kappa shape index (κ3) is 3.24. The van der Waals surface area contributed by atoms with E-state index >= 15 is 0 Å². The first-order valence-corrected chi connectivity index (χ1v) is 7.33. The van der Waals surface area contributed by atoms with Crippen molar-refractivity contribution < 1.29 is 9.53 Å². The number of aryl methyl sites for hydroxylation is 1. The molecule has 0 radical (unpaired) electrons. The van der Waals surface area contributed by atoms with E-state index in [4.69, 9.17) is 4.74 Å². The first-order chi connectivity index (χ1) is 11.6. The lowest BCUT2D eigenvalue weighted by atomic mass is 10.1. The molecular formula is C17H16N4O3. The zero-order valence-corrected chi connectivity index (χ0v) is 13.3. The molecular weight excluding hydrogens is 308 g/mol. The van der Waals surface area contributed by atoms with Gasteiger partial charge in [-0.3, -0.25) is 9.59 Å². The number of nitrogens with zero attached hydrogens (tertiary/aromatic N) is 3. The van der Waals surface area contributed by atoms with Crippen LogP contribution in [-0.2, 0) is 18.3 Å². The van der Waals surface area contributed by atoms with E-state index < -0.39 is 0 Å². The Morgan fingerprint density at radius 3 is 2.67 bits per heavy atom. The van der Waals surface area contributed by atoms with Crippen molar-refractivity contribution in [2.45, 2.75) is 6.42 Å². The van der Waals surface area contributed by atoms with Gasteiger partial charge in [0.15, 0.2) is 0 Å². The number of rotatable bonds is 4. The number of hydrogen-bond acceptors (Lipinski definition) is 5. The predicted octanol–water partition coefficient (Wildman–Crippen LogP) is 1.52. The van der Waals surface area contributed by atoms with Crippen molar-refractivity contribution >= 4 is 22.5 Å². The van der Waals surface area contributed by atoms with Crippen molar-refractivity contribution in [3.8, 4) is 5.75 Å². The van der Waals surface area contributed by atoms with Crippen LogP contribution < -0.4 is 15.6 Å². The number of carbonyl (C=O) groups is 1. The molecule has 2 aromatic carbocycles. The van der Waals surface area contributed by atoms with Crippen LogP contribution in [0.5, 0.6) is 5.75 Å². The average Bonchev–Trinajstić information content (AvgIpc) is 2.59. The van der Waals surface area contributed by atoms with E-state index in [1.165, 1.54) is 7.05 Å². The Labute approximate surface area is 137 Å². The highest BCUT2D eigenvalue weighted by Gasteiger charge is 2.08. The Morgan fingerprint density at radius 2 is 1.96 bits per heavy atom. The molecule has 0 saturated carbocycles. The van der Waals surface area contributed by atoms with Gasteiger partial charge in [0.1, 0.15) is 11.3 Å². The molecule has 1 N–H and O–H groups in total. The molecule has 0 atom stereocenters. The first-order valence-electron chi connectivity index (χ1n) is 7.33. The highest BCUT2D eigenvalue weighted by Crippen LogP contribution is 2.15. The molecule has 0 aliphatic rings. The number of fused-ring (bicyclic) bond motifs is 1. The van der Waals surface area contributed by atoms with Gasteiger partial charge in [-0.05, 0) is 35.9 Å². The Morgan fingerprint density at radius 1 is 1.21 bits per heavy atom. The van der Waals surface area contributed by atoms with Crippen LogP contribution in [0.4, 0.5) is 5.69 Å². The van der Waals surface area contributed by atoms with Crippen molar-refractivity contribution in [1.82, 2.24) is 15.0 Å². The molecule has 122 valence electrons. The van der Waals surface area contributed by atoms with Crippen LogP contribution in [0.25, 0.3) is 10.9 Å². The zero-order valence-electron chi connectivity index (χ0n) is 13.3. The number of nitrogens with one attached hydrogen (secondary N) is 1. The lowest BCUT2D eigenvalue weighted by Gasteiger charge is -2.07. The van der Waals surface area contributed by atoms with Crippen molar-refractivity contribution in [1.29, 1.82) is 0 Å². The predicted molar refractivity (Wildman–Crippen MR) is 90.1 cm³/mol. The Bertz CT molecular complexity index is 948. The third-order valence-electron chi connectivity index (χ3n) is 3.61. The van der Waals surface area contributed by atoms with Crippen LogP contribution in [0.1, 0.15) is 5.56 Å². The van der Waals surface area contributed by atoms with E-state index in [0.29, 0.717) is 16.6 Å². The fourth-order valence-electron chi connectivity index (χ4n) is 2.34. The third-order valence-corrected chi connectivity index (χ3v) is 3.61. The summed E-state index contributed by atoms with van der Waals surface area (Å²) in [5.41, 5.74) is 1.65. The van der Waals surface area contributed by atoms with E-state index in [1.54, 1.807) is 37.4 Å². The van der Waals surface area contributed by atoms with Gasteiger partial charge in [-0.25, -0.2) is 4.68 Å². The van der Waals surface area contributed by atoms with Crippen molar-refractivity contribution in [3.63, 3.8) is 0 Å². The molecule has 0 aliphatic heterocycles. The molecule has 7 nitrogen and oxygen atoms in total. The smallest absolute Gasteiger partial charge is 0.277 e. The number of amides is 1. The number of hydrogen-bond donors (Lipinski definition) is 1. The van der Waals surface area contributed by atoms with Crippen LogP contribution in [0, 0.1) is 0 Å². The molecule has 0 spiro atoms. The van der Waals surface area contributed by atoms with Crippen molar-refractivity contribution in [2.24, 2.45) is 7.05 Å². The van der Waals surface area contributed by atoms with E-state index in [0.717, 1.165) is 16.0 Å². The minimum absolute atomic E-state index is 0.168. The monoisotopic (exact) mass is 324 g/mol. The van der Waals surface area contributed by atoms with Gasteiger partial charge in [-0.2, -0.15) is 0 Å². The van der Waals surface area contributed by atoms with Crippen molar-refractivity contribution in [2.75, 3.05) is 12.4 Å². The van der Waals surface area contributed by atoms with Gasteiger partial charge in [0, 0.05) is 12.7 Å². The summed E-state index contributed by atoms with van der Waals surface area (Å²) in [7, 11) is 3.12. The summed E-state index contributed by atoms with van der Waals surface area (Å²) in [6.07, 6.45) is 0.231. The topological polar surface area (TPSA) is 86.1 Å². The van der Waals surface area contributed by atoms with Gasteiger partial charge in [0.05, 0.1) is 18.9 Å². The zero-order chi connectivity index (χ0) is 17.1. The number of carbonyl (C=O) groups excluding carboxylic acids is 1. The second kappa shape index (κ2) is 6.49. The number of aromatic nitrogens is 3. The molecule has 7 heteroatoms. The maximum Gasteiger partial charge on any atom is 0.277 e. The molecule has 24 heavy (non-hydrogen) atoms. The highest BCUT2D eigenvalue weighted by atomic mass is 16.5. The molecule has 0 aliphatic carbocycles. The molecule has 0 saturated heterocycles. The fraction of sp³-hybridized carbons (Fsp3) is 0.176. The largest absolute Gasteiger partial charge is 0.497 e. The van der Waals surface area contributed by atoms with Crippen LogP contribution in [-0.4, -0.2) is 28.0 Å². The minimum atomic E-state index is -0.258. The molecule has 1 amide bonds. The van der Waals surface area contributed by atoms with Gasteiger partial charge >= 0.3 is 0 Å². The van der Waals surface area contributed by atoms with Gasteiger partial charge in [0.2, 0.25) is 5.91 Å². The summed E-state index contributed by atoms with van der Waals surface area (Å²) in [5.74, 6) is 0.573. The fourth-order valence-corrected chi connectivity index (χ4v) is 2.34. The Balaban J connectivity index is 1.77. The Kier molecular flexibility index (Phi) is 4.24. The first kappa shape index (κ1) is 15.7. The lowest BCUT2D eigenvalue weighted by Crippen LogP contribution is -2.21. The molecule has 0 fully saturated rings. The van der Waals surface area contributed by atoms with E-state index in [2.05, 4.69) is 15.6 Å². The van der Waals surface area contributed by atoms with Gasteiger partial charge in [-0.15, -0.1) is 5.10 Å². The van der Waals surface area contributed by atoms with E-state index in [-0.39, 0.29) is 17.9 Å². The van der Waals surface area contributed by atoms with Crippen LogP contribution in [0.3, 0.4) is 0 Å². The molecule has 3 rings (SSSR count). The van der Waals surface area contributed by atoms with Crippen LogP contribution in [0.15, 0.2) is 47.3 Å². The lowest BCUT2D eigenvalue weighted by molar-refractivity contribution is -0.115. The Hall–Kier alpha value is -3.22. The number of methoxy groups -OCH3 is 1. The van der Waals surface area contributed by atoms with Gasteiger partial charge in [-0.1, -0.05) is 17.3 Å². The normalized spacial score (nSPS) is 10.6. The number of benzene rings is 2. The van der Waals surface area contributed by atoms with Crippen LogP contribution >= 0.6 is 0 Å². The van der Waals surface area contributed by atoms with Crippen molar-refractivity contribution in [3.05, 3.63) is 58.4 Å². The maximum atomic E-state index is 12.2.